The second kappa shape index (κ2) is 9.82. The number of nitrogens with zero attached hydrogens (tertiary/aromatic N) is 4. The van der Waals surface area contributed by atoms with Crippen molar-refractivity contribution in [3.05, 3.63) is 77.5 Å². The molecule has 2 aromatic carbocycles. The van der Waals surface area contributed by atoms with Crippen LogP contribution in [0.15, 0.2) is 60.7 Å². The standard InChI is InChI=1S/C26H34N4O/c1-7-20(4)29(26(31)21-14-10-8-11-15-21)18-23-24(19(2)3)27-30(25(23)28(5)6)22-16-12-9-13-17-22/h8-17,19-20H,7,18H2,1-6H3. The van der Waals surface area contributed by atoms with Gasteiger partial charge in [0.15, 0.2) is 0 Å². The monoisotopic (exact) mass is 418 g/mol. The van der Waals surface area contributed by atoms with Gasteiger partial charge in [-0.2, -0.15) is 5.10 Å². The van der Waals surface area contributed by atoms with Crippen molar-refractivity contribution in [2.45, 2.75) is 52.6 Å². The van der Waals surface area contributed by atoms with E-state index in [0.717, 1.165) is 34.7 Å². The topological polar surface area (TPSA) is 41.4 Å². The molecule has 0 aliphatic rings. The van der Waals surface area contributed by atoms with Crippen LogP contribution in [0.25, 0.3) is 5.69 Å². The van der Waals surface area contributed by atoms with E-state index in [4.69, 9.17) is 5.10 Å². The molecule has 0 aliphatic carbocycles. The highest BCUT2D eigenvalue weighted by molar-refractivity contribution is 5.94. The number of carbonyl (C=O) groups excluding carboxylic acids is 1. The maximum atomic E-state index is 13.5. The lowest BCUT2D eigenvalue weighted by molar-refractivity contribution is 0.0671. The summed E-state index contributed by atoms with van der Waals surface area (Å²) in [5.74, 6) is 1.31. The molecule has 164 valence electrons. The van der Waals surface area contributed by atoms with Crippen LogP contribution in [0.2, 0.25) is 0 Å². The minimum atomic E-state index is 0.0572. The maximum absolute atomic E-state index is 13.5. The third-order valence-electron chi connectivity index (χ3n) is 5.69. The average Bonchev–Trinajstić information content (AvgIpc) is 3.17. The maximum Gasteiger partial charge on any atom is 0.254 e. The highest BCUT2D eigenvalue weighted by atomic mass is 16.2. The number of para-hydroxylation sites is 1. The minimum absolute atomic E-state index is 0.0572. The van der Waals surface area contributed by atoms with Gasteiger partial charge in [0.25, 0.3) is 5.91 Å². The summed E-state index contributed by atoms with van der Waals surface area (Å²) >= 11 is 0. The fraction of sp³-hybridized carbons (Fsp3) is 0.385. The smallest absolute Gasteiger partial charge is 0.254 e. The molecule has 0 saturated carbocycles. The summed E-state index contributed by atoms with van der Waals surface area (Å²) in [5.41, 5.74) is 3.87. The fourth-order valence-corrected chi connectivity index (χ4v) is 3.85. The lowest BCUT2D eigenvalue weighted by atomic mass is 10.0. The Labute approximate surface area is 186 Å². The van der Waals surface area contributed by atoms with Gasteiger partial charge < -0.3 is 9.80 Å². The fourth-order valence-electron chi connectivity index (χ4n) is 3.85. The van der Waals surface area contributed by atoms with E-state index in [1.54, 1.807) is 0 Å². The highest BCUT2D eigenvalue weighted by Crippen LogP contribution is 2.32. The van der Waals surface area contributed by atoms with Gasteiger partial charge in [0, 0.05) is 31.3 Å². The number of anilines is 1. The predicted molar refractivity (Wildman–Crippen MR) is 128 cm³/mol. The molecule has 3 aromatic rings. The third kappa shape index (κ3) is 4.82. The number of rotatable bonds is 8. The summed E-state index contributed by atoms with van der Waals surface area (Å²) in [6, 6.07) is 19.9. The summed E-state index contributed by atoms with van der Waals surface area (Å²) in [5, 5.41) is 5.01. The molecule has 1 atom stereocenters. The van der Waals surface area contributed by atoms with Gasteiger partial charge in [-0.25, -0.2) is 4.68 Å². The van der Waals surface area contributed by atoms with Crippen molar-refractivity contribution in [1.29, 1.82) is 0 Å². The van der Waals surface area contributed by atoms with Crippen LogP contribution >= 0.6 is 0 Å². The second-order valence-electron chi connectivity index (χ2n) is 8.54. The zero-order valence-electron chi connectivity index (χ0n) is 19.5. The molecule has 3 rings (SSSR count). The van der Waals surface area contributed by atoms with Gasteiger partial charge in [-0.3, -0.25) is 4.79 Å². The van der Waals surface area contributed by atoms with Gasteiger partial charge in [-0.1, -0.05) is 57.2 Å². The SMILES string of the molecule is CCC(C)N(Cc1c(C(C)C)nn(-c2ccccc2)c1N(C)C)C(=O)c1ccccc1. The quantitative estimate of drug-likeness (QED) is 0.485. The van der Waals surface area contributed by atoms with E-state index in [2.05, 4.69) is 44.7 Å². The molecule has 0 fully saturated rings. The molecule has 0 aliphatic heterocycles. The number of hydrogen-bond donors (Lipinski definition) is 0. The second-order valence-corrected chi connectivity index (χ2v) is 8.54. The lowest BCUT2D eigenvalue weighted by Gasteiger charge is -2.30. The van der Waals surface area contributed by atoms with Gasteiger partial charge in [0.05, 0.1) is 17.9 Å². The van der Waals surface area contributed by atoms with Crippen molar-refractivity contribution < 1.29 is 4.79 Å². The van der Waals surface area contributed by atoms with Gasteiger partial charge >= 0.3 is 0 Å². The molecule has 0 spiro atoms. The van der Waals surface area contributed by atoms with E-state index in [1.165, 1.54) is 0 Å². The van der Waals surface area contributed by atoms with Crippen LogP contribution in [0, 0.1) is 0 Å². The van der Waals surface area contributed by atoms with E-state index in [-0.39, 0.29) is 17.9 Å². The van der Waals surface area contributed by atoms with Crippen molar-refractivity contribution in [2.24, 2.45) is 0 Å². The van der Waals surface area contributed by atoms with Crippen LogP contribution in [0.3, 0.4) is 0 Å². The number of hydrogen-bond acceptors (Lipinski definition) is 3. The predicted octanol–water partition coefficient (Wildman–Crippen LogP) is 5.50. The van der Waals surface area contributed by atoms with Crippen LogP contribution in [-0.2, 0) is 6.54 Å². The van der Waals surface area contributed by atoms with Gasteiger partial charge in [-0.05, 0) is 43.5 Å². The van der Waals surface area contributed by atoms with E-state index < -0.39 is 0 Å². The van der Waals surface area contributed by atoms with Crippen LogP contribution in [-0.4, -0.2) is 40.7 Å². The van der Waals surface area contributed by atoms with E-state index in [1.807, 2.05) is 72.2 Å². The molecule has 0 bridgehead atoms. The Balaban J connectivity index is 2.12. The normalized spacial score (nSPS) is 12.1. The molecule has 0 saturated heterocycles. The van der Waals surface area contributed by atoms with Crippen molar-refractivity contribution in [3.63, 3.8) is 0 Å². The molecule has 0 N–H and O–H groups in total. The molecule has 31 heavy (non-hydrogen) atoms. The highest BCUT2D eigenvalue weighted by Gasteiger charge is 2.28. The Morgan fingerprint density at radius 3 is 2.06 bits per heavy atom. The molecular weight excluding hydrogens is 384 g/mol. The summed E-state index contributed by atoms with van der Waals surface area (Å²) in [6.45, 7) is 9.09. The van der Waals surface area contributed by atoms with Gasteiger partial charge in [0.2, 0.25) is 0 Å². The Morgan fingerprint density at radius 2 is 1.55 bits per heavy atom. The Bertz CT molecular complexity index is 993. The Hall–Kier alpha value is -3.08. The van der Waals surface area contributed by atoms with E-state index in [0.29, 0.717) is 6.54 Å². The molecular formula is C26H34N4O. The average molecular weight is 419 g/mol. The van der Waals surface area contributed by atoms with Gasteiger partial charge in [0.1, 0.15) is 5.82 Å². The zero-order valence-corrected chi connectivity index (χ0v) is 19.5. The first-order valence-electron chi connectivity index (χ1n) is 11.1. The summed E-state index contributed by atoms with van der Waals surface area (Å²) < 4.78 is 2.01. The number of carbonyl (C=O) groups is 1. The van der Waals surface area contributed by atoms with E-state index >= 15 is 0 Å². The largest absolute Gasteiger partial charge is 0.362 e. The zero-order chi connectivity index (χ0) is 22.5. The molecule has 5 nitrogen and oxygen atoms in total. The van der Waals surface area contributed by atoms with Crippen LogP contribution in [0.1, 0.15) is 61.6 Å². The first-order valence-corrected chi connectivity index (χ1v) is 11.1. The number of benzene rings is 2. The first-order chi connectivity index (χ1) is 14.8. The van der Waals surface area contributed by atoms with Crippen molar-refractivity contribution in [1.82, 2.24) is 14.7 Å². The van der Waals surface area contributed by atoms with Crippen LogP contribution < -0.4 is 4.90 Å². The van der Waals surface area contributed by atoms with Crippen LogP contribution in [0.4, 0.5) is 5.82 Å². The van der Waals surface area contributed by atoms with Crippen molar-refractivity contribution in [2.75, 3.05) is 19.0 Å². The summed E-state index contributed by atoms with van der Waals surface area (Å²) in [7, 11) is 4.08. The lowest BCUT2D eigenvalue weighted by Crippen LogP contribution is -2.38. The third-order valence-corrected chi connectivity index (χ3v) is 5.69. The Kier molecular flexibility index (Phi) is 7.16. The molecule has 1 amide bonds. The van der Waals surface area contributed by atoms with E-state index in [9.17, 15) is 4.79 Å². The molecule has 0 radical (unpaired) electrons. The molecule has 1 aromatic heterocycles. The molecule has 1 unspecified atom stereocenters. The summed E-state index contributed by atoms with van der Waals surface area (Å²) in [6.07, 6.45) is 0.889. The van der Waals surface area contributed by atoms with Crippen molar-refractivity contribution in [3.8, 4) is 5.69 Å². The first kappa shape index (κ1) is 22.6. The molecule has 1 heterocycles. The van der Waals surface area contributed by atoms with Crippen molar-refractivity contribution >= 4 is 11.7 Å². The van der Waals surface area contributed by atoms with Crippen LogP contribution in [0.5, 0.6) is 0 Å². The Morgan fingerprint density at radius 1 is 0.968 bits per heavy atom. The van der Waals surface area contributed by atoms with Gasteiger partial charge in [-0.15, -0.1) is 0 Å². The minimum Gasteiger partial charge on any atom is -0.362 e. The molecule has 5 heteroatoms. The summed E-state index contributed by atoms with van der Waals surface area (Å²) in [4.78, 5) is 17.6. The number of amides is 1. The number of aromatic nitrogens is 2.